The lowest BCUT2D eigenvalue weighted by Gasteiger charge is -2.48. The smallest absolute Gasteiger partial charge is 0.407 e. The molecular weight excluding hydrogens is 562 g/mol. The van der Waals surface area contributed by atoms with Crippen LogP contribution in [0, 0.1) is 5.92 Å². The van der Waals surface area contributed by atoms with Gasteiger partial charge in [-0.3, -0.25) is 4.79 Å². The van der Waals surface area contributed by atoms with E-state index in [-0.39, 0.29) is 17.9 Å². The largest absolute Gasteiger partial charge is 0.479 e. The van der Waals surface area contributed by atoms with Crippen molar-refractivity contribution in [1.82, 2.24) is 5.32 Å². The van der Waals surface area contributed by atoms with E-state index in [2.05, 4.69) is 6.58 Å². The zero-order valence-corrected chi connectivity index (χ0v) is 23.0. The van der Waals surface area contributed by atoms with Crippen molar-refractivity contribution in [2.45, 2.75) is 74.5 Å². The summed E-state index contributed by atoms with van der Waals surface area (Å²) >= 11 is 0. The van der Waals surface area contributed by atoms with Gasteiger partial charge in [0.25, 0.3) is 5.60 Å². The van der Waals surface area contributed by atoms with Gasteiger partial charge in [-0.25, -0.2) is 19.2 Å². The lowest BCUT2D eigenvalue weighted by Crippen LogP contribution is -2.78. The average Bonchev–Trinajstić information content (AvgIpc) is 3.14. The molecule has 15 heteroatoms. The number of carboxylic acids is 3. The number of hydrogen-bond acceptors (Lipinski definition) is 11. The van der Waals surface area contributed by atoms with E-state index in [0.717, 1.165) is 12.6 Å². The maximum absolute atomic E-state index is 12.6. The molecular formula is C27H33NO14. The number of aliphatic carboxylic acids is 3. The fraction of sp³-hybridized carbons (Fsp3) is 0.519. The number of hydrogen-bond donors (Lipinski definition) is 6. The molecule has 230 valence electrons. The first-order valence-electron chi connectivity index (χ1n) is 12.8. The standard InChI is InChI=1S/C27H33NO14/c1-13(17(39-15(3)29)14(2)12-16-8-6-5-7-9-16)10-11-25-18(30)19(40-24(37)28-4)27(42-25,23(35)36)26(38,22(33)34)20(41-25)21(31)32/h5-9,14,17-20,30,38H,1,10-12H2,2-4H3,(H,28,37)(H,31,32)(H,33,34)(H,35,36)/t14?,17?,18-,19-,20-,25-,26-,27-/m1/s1. The van der Waals surface area contributed by atoms with Gasteiger partial charge < -0.3 is 49.8 Å². The first kappa shape index (κ1) is 32.5. The lowest BCUT2D eigenvalue weighted by atomic mass is 9.74. The Kier molecular flexibility index (Phi) is 9.31. The van der Waals surface area contributed by atoms with Crippen LogP contribution in [0.4, 0.5) is 4.79 Å². The molecule has 0 spiro atoms. The van der Waals surface area contributed by atoms with Gasteiger partial charge in [0.05, 0.1) is 0 Å². The third kappa shape index (κ3) is 5.43. The van der Waals surface area contributed by atoms with Crippen molar-refractivity contribution in [3.63, 3.8) is 0 Å². The van der Waals surface area contributed by atoms with Crippen LogP contribution in [0.1, 0.15) is 32.3 Å². The Bertz CT molecular complexity index is 1250. The average molecular weight is 596 g/mol. The number of ether oxygens (including phenoxy) is 4. The molecule has 0 saturated carbocycles. The number of carboxylic acid groups (broad SMARTS) is 3. The van der Waals surface area contributed by atoms with Crippen LogP contribution in [0.3, 0.4) is 0 Å². The van der Waals surface area contributed by atoms with Crippen molar-refractivity contribution in [1.29, 1.82) is 0 Å². The van der Waals surface area contributed by atoms with E-state index in [4.69, 9.17) is 18.9 Å². The molecule has 8 atom stereocenters. The zero-order valence-electron chi connectivity index (χ0n) is 23.0. The predicted molar refractivity (Wildman–Crippen MR) is 138 cm³/mol. The van der Waals surface area contributed by atoms with Crippen molar-refractivity contribution in [2.75, 3.05) is 7.05 Å². The first-order chi connectivity index (χ1) is 19.6. The Hall–Kier alpha value is -4.05. The molecule has 15 nitrogen and oxygen atoms in total. The number of aliphatic hydroxyl groups is 2. The van der Waals surface area contributed by atoms with Crippen LogP contribution >= 0.6 is 0 Å². The van der Waals surface area contributed by atoms with Gasteiger partial charge in [0.2, 0.25) is 17.5 Å². The molecule has 2 bridgehead atoms. The summed E-state index contributed by atoms with van der Waals surface area (Å²) in [4.78, 5) is 61.1. The van der Waals surface area contributed by atoms with Crippen LogP contribution in [0.15, 0.2) is 42.5 Å². The van der Waals surface area contributed by atoms with E-state index >= 15 is 0 Å². The first-order valence-corrected chi connectivity index (χ1v) is 12.8. The second-order valence-electron chi connectivity index (χ2n) is 10.2. The molecule has 2 saturated heterocycles. The van der Waals surface area contributed by atoms with Crippen molar-refractivity contribution < 1.29 is 68.5 Å². The van der Waals surface area contributed by atoms with Crippen LogP contribution in [0.5, 0.6) is 0 Å². The molecule has 2 fully saturated rings. The summed E-state index contributed by atoms with van der Waals surface area (Å²) in [5, 5.41) is 54.2. The minimum atomic E-state index is -3.88. The number of fused-ring (bicyclic) bond motifs is 2. The van der Waals surface area contributed by atoms with Crippen LogP contribution in [-0.4, -0.2) is 104 Å². The van der Waals surface area contributed by atoms with E-state index < -0.39 is 77.8 Å². The highest BCUT2D eigenvalue weighted by Gasteiger charge is 2.85. The van der Waals surface area contributed by atoms with Crippen molar-refractivity contribution in [2.24, 2.45) is 5.92 Å². The van der Waals surface area contributed by atoms with Crippen molar-refractivity contribution in [3.8, 4) is 0 Å². The van der Waals surface area contributed by atoms with E-state index in [9.17, 15) is 49.5 Å². The van der Waals surface area contributed by atoms with Gasteiger partial charge in [-0.05, 0) is 24.0 Å². The highest BCUT2D eigenvalue weighted by atomic mass is 16.8. The van der Waals surface area contributed by atoms with E-state index in [0.29, 0.717) is 6.42 Å². The van der Waals surface area contributed by atoms with E-state index in [1.165, 1.54) is 6.92 Å². The number of aliphatic hydroxyl groups excluding tert-OH is 1. The molecule has 42 heavy (non-hydrogen) atoms. The maximum Gasteiger partial charge on any atom is 0.407 e. The van der Waals surface area contributed by atoms with Crippen molar-refractivity contribution >= 4 is 30.0 Å². The van der Waals surface area contributed by atoms with E-state index in [1.54, 1.807) is 6.92 Å². The number of rotatable bonds is 12. The molecule has 1 amide bonds. The number of carbonyl (C=O) groups excluding carboxylic acids is 2. The van der Waals surface area contributed by atoms with Gasteiger partial charge in [0.1, 0.15) is 12.2 Å². The number of benzene rings is 1. The highest BCUT2D eigenvalue weighted by Crippen LogP contribution is 2.55. The Morgan fingerprint density at radius 2 is 1.71 bits per heavy atom. The van der Waals surface area contributed by atoms with Gasteiger partial charge in [0, 0.05) is 26.3 Å². The molecule has 6 N–H and O–H groups in total. The molecule has 1 aromatic rings. The molecule has 3 rings (SSSR count). The normalized spacial score (nSPS) is 31.3. The van der Waals surface area contributed by atoms with Gasteiger partial charge in [0.15, 0.2) is 6.10 Å². The molecule has 1 aromatic carbocycles. The molecule has 2 aliphatic rings. The Morgan fingerprint density at radius 1 is 1.10 bits per heavy atom. The number of nitrogens with one attached hydrogen (secondary N) is 1. The highest BCUT2D eigenvalue weighted by molar-refractivity contribution is 5.98. The summed E-state index contributed by atoms with van der Waals surface area (Å²) in [6, 6.07) is 9.24. The third-order valence-electron chi connectivity index (χ3n) is 7.45. The minimum absolute atomic E-state index is 0.241. The summed E-state index contributed by atoms with van der Waals surface area (Å²) in [5.41, 5.74) is -6.25. The topological polar surface area (TPSA) is 235 Å². The molecule has 2 aliphatic heterocycles. The zero-order chi connectivity index (χ0) is 31.6. The van der Waals surface area contributed by atoms with Crippen LogP contribution in [-0.2, 0) is 44.5 Å². The minimum Gasteiger partial charge on any atom is -0.479 e. The monoisotopic (exact) mass is 595 g/mol. The molecule has 2 heterocycles. The van der Waals surface area contributed by atoms with Crippen LogP contribution < -0.4 is 5.32 Å². The maximum atomic E-state index is 12.6. The fourth-order valence-electron chi connectivity index (χ4n) is 5.47. The predicted octanol–water partition coefficient (Wildman–Crippen LogP) is 0.0678. The summed E-state index contributed by atoms with van der Waals surface area (Å²) in [7, 11) is 1.08. The Balaban J connectivity index is 2.02. The third-order valence-corrected chi connectivity index (χ3v) is 7.45. The fourth-order valence-corrected chi connectivity index (χ4v) is 5.47. The Labute approximate surface area is 239 Å². The molecule has 0 radical (unpaired) electrons. The number of amides is 1. The summed E-state index contributed by atoms with van der Waals surface area (Å²) in [6.07, 6.45) is -10.2. The van der Waals surface area contributed by atoms with E-state index in [1.807, 2.05) is 35.6 Å². The molecule has 2 unspecified atom stereocenters. The summed E-state index contributed by atoms with van der Waals surface area (Å²) < 4.78 is 21.3. The van der Waals surface area contributed by atoms with Crippen LogP contribution in [0.2, 0.25) is 0 Å². The summed E-state index contributed by atoms with van der Waals surface area (Å²) in [6.45, 7) is 6.94. The molecule has 0 aromatic heterocycles. The SMILES string of the molecule is C=C(CC[C@@]12O[C@H](C(=O)O)[C@@](O)(C(=O)O)[C@@](C(=O)O)(O1)[C@H](OC(=O)NC)[C@H]2O)C(OC(C)=O)C(C)Cc1ccccc1. The second-order valence-corrected chi connectivity index (χ2v) is 10.2. The van der Waals surface area contributed by atoms with Crippen molar-refractivity contribution in [3.05, 3.63) is 48.0 Å². The Morgan fingerprint density at radius 3 is 2.21 bits per heavy atom. The number of alkyl carbamates (subject to hydrolysis) is 1. The van der Waals surface area contributed by atoms with Crippen LogP contribution in [0.25, 0.3) is 0 Å². The number of esters is 1. The summed E-state index contributed by atoms with van der Waals surface area (Å²) in [5.74, 6) is -10.3. The van der Waals surface area contributed by atoms with Gasteiger partial charge in [-0.2, -0.15) is 0 Å². The molecule has 0 aliphatic carbocycles. The van der Waals surface area contributed by atoms with Gasteiger partial charge >= 0.3 is 30.0 Å². The van der Waals surface area contributed by atoms with Gasteiger partial charge in [-0.15, -0.1) is 0 Å². The quantitative estimate of drug-likeness (QED) is 0.139. The van der Waals surface area contributed by atoms with Gasteiger partial charge in [-0.1, -0.05) is 43.8 Å². The number of carbonyl (C=O) groups is 5. The second kappa shape index (κ2) is 12.1. The lowest BCUT2D eigenvalue weighted by molar-refractivity contribution is -0.373.